The van der Waals surface area contributed by atoms with Crippen LogP contribution in [0.5, 0.6) is 0 Å². The molecule has 0 fully saturated rings. The molecule has 0 atom stereocenters. The first-order valence-corrected chi connectivity index (χ1v) is 3.22. The lowest BCUT2D eigenvalue weighted by Crippen LogP contribution is -1.90. The summed E-state index contributed by atoms with van der Waals surface area (Å²) in [6.45, 7) is 5.98. The van der Waals surface area contributed by atoms with Crippen LogP contribution in [0.4, 0.5) is 0 Å². The van der Waals surface area contributed by atoms with Crippen molar-refractivity contribution in [2.24, 2.45) is 0 Å². The van der Waals surface area contributed by atoms with Gasteiger partial charge in [0.15, 0.2) is 0 Å². The Labute approximate surface area is 49.0 Å². The Morgan fingerprint density at radius 1 is 1.57 bits per heavy atom. The first-order valence-electron chi connectivity index (χ1n) is 2.34. The Morgan fingerprint density at radius 2 is 2.00 bits per heavy atom. The topological polar surface area (TPSA) is 23.9 Å². The molecule has 42 valence electrons. The fourth-order valence-electron chi connectivity index (χ4n) is 0.354. The Balaban J connectivity index is 3.13. The van der Waals surface area contributed by atoms with E-state index in [0.29, 0.717) is 10.3 Å². The van der Waals surface area contributed by atoms with Crippen LogP contribution in [0.15, 0.2) is 0 Å². The molecule has 0 saturated heterocycles. The summed E-state index contributed by atoms with van der Waals surface area (Å²) in [7, 11) is 0. The van der Waals surface area contributed by atoms with E-state index in [1.54, 1.807) is 11.8 Å². The molecule has 1 N–H and O–H groups in total. The molecule has 0 amide bonds. The fourth-order valence-corrected chi connectivity index (χ4v) is 1.06. The zero-order valence-electron chi connectivity index (χ0n) is 4.99. The average Bonchev–Trinajstić information content (AvgIpc) is 1.27. The quantitative estimate of drug-likeness (QED) is 0.413. The summed E-state index contributed by atoms with van der Waals surface area (Å²) >= 11 is 1.59. The Morgan fingerprint density at radius 3 is 2.00 bits per heavy atom. The second-order valence-corrected chi connectivity index (χ2v) is 3.51. The molecule has 0 unspecified atom stereocenters. The third-order valence-corrected chi connectivity index (χ3v) is 1.24. The SMILES string of the molecule is CC(=N)SC(C)C. The van der Waals surface area contributed by atoms with Crippen LogP contribution in [0.1, 0.15) is 20.8 Å². The summed E-state index contributed by atoms with van der Waals surface area (Å²) in [4.78, 5) is 0. The summed E-state index contributed by atoms with van der Waals surface area (Å²) in [5, 5.41) is 8.26. The van der Waals surface area contributed by atoms with Crippen LogP contribution in [-0.2, 0) is 0 Å². The monoisotopic (exact) mass is 117 g/mol. The van der Waals surface area contributed by atoms with Gasteiger partial charge in [0.25, 0.3) is 0 Å². The molecule has 1 nitrogen and oxygen atoms in total. The maximum absolute atomic E-state index is 6.99. The summed E-state index contributed by atoms with van der Waals surface area (Å²) in [5.74, 6) is 0. The predicted molar refractivity (Wildman–Crippen MR) is 36.1 cm³/mol. The van der Waals surface area contributed by atoms with E-state index in [2.05, 4.69) is 13.8 Å². The van der Waals surface area contributed by atoms with Gasteiger partial charge in [-0.1, -0.05) is 13.8 Å². The van der Waals surface area contributed by atoms with Crippen molar-refractivity contribution in [3.8, 4) is 0 Å². The lowest BCUT2D eigenvalue weighted by molar-refractivity contribution is 1.12. The van der Waals surface area contributed by atoms with Crippen LogP contribution in [0, 0.1) is 5.41 Å². The fraction of sp³-hybridized carbons (Fsp3) is 0.800. The molecule has 0 aromatic carbocycles. The van der Waals surface area contributed by atoms with Crippen molar-refractivity contribution in [3.05, 3.63) is 0 Å². The first-order chi connectivity index (χ1) is 3.13. The summed E-state index contributed by atoms with van der Waals surface area (Å²) in [6.07, 6.45) is 0. The van der Waals surface area contributed by atoms with E-state index in [-0.39, 0.29) is 0 Å². The zero-order valence-corrected chi connectivity index (χ0v) is 5.80. The normalized spacial score (nSPS) is 9.71. The van der Waals surface area contributed by atoms with Gasteiger partial charge in [-0.25, -0.2) is 0 Å². The van der Waals surface area contributed by atoms with Gasteiger partial charge in [-0.15, -0.1) is 11.8 Å². The molecule has 0 rings (SSSR count). The second kappa shape index (κ2) is 3.08. The molecule has 0 heterocycles. The molecule has 0 aromatic rings. The van der Waals surface area contributed by atoms with Crippen LogP contribution in [0.25, 0.3) is 0 Å². The maximum Gasteiger partial charge on any atom is 0.0612 e. The first kappa shape index (κ1) is 7.02. The highest BCUT2D eigenvalue weighted by atomic mass is 32.2. The minimum atomic E-state index is 0.567. The minimum absolute atomic E-state index is 0.567. The lowest BCUT2D eigenvalue weighted by atomic mass is 10.6. The molecule has 0 aliphatic carbocycles. The van der Waals surface area contributed by atoms with Gasteiger partial charge in [0.05, 0.1) is 5.04 Å². The van der Waals surface area contributed by atoms with Crippen LogP contribution < -0.4 is 0 Å². The van der Waals surface area contributed by atoms with Crippen LogP contribution >= 0.6 is 11.8 Å². The van der Waals surface area contributed by atoms with E-state index in [1.165, 1.54) is 0 Å². The molecule has 0 saturated carbocycles. The van der Waals surface area contributed by atoms with E-state index in [0.717, 1.165) is 0 Å². The molecule has 0 spiro atoms. The average molecular weight is 117 g/mol. The second-order valence-electron chi connectivity index (χ2n) is 1.72. The Hall–Kier alpha value is 0.0200. The van der Waals surface area contributed by atoms with Crippen LogP contribution in [0.3, 0.4) is 0 Å². The van der Waals surface area contributed by atoms with Gasteiger partial charge in [-0.05, 0) is 6.92 Å². The van der Waals surface area contributed by atoms with E-state index in [9.17, 15) is 0 Å². The van der Waals surface area contributed by atoms with Gasteiger partial charge in [0.1, 0.15) is 0 Å². The molecule has 0 radical (unpaired) electrons. The minimum Gasteiger partial charge on any atom is -0.299 e. The van der Waals surface area contributed by atoms with Crippen molar-refractivity contribution < 1.29 is 0 Å². The number of hydrogen-bond acceptors (Lipinski definition) is 2. The van der Waals surface area contributed by atoms with Crippen molar-refractivity contribution in [2.75, 3.05) is 0 Å². The van der Waals surface area contributed by atoms with Crippen LogP contribution in [0.2, 0.25) is 0 Å². The van der Waals surface area contributed by atoms with Gasteiger partial charge in [-0.3, -0.25) is 5.41 Å². The van der Waals surface area contributed by atoms with Gasteiger partial charge >= 0.3 is 0 Å². The maximum atomic E-state index is 6.99. The Kier molecular flexibility index (Phi) is 3.09. The van der Waals surface area contributed by atoms with Gasteiger partial charge < -0.3 is 0 Å². The third-order valence-electron chi connectivity index (χ3n) is 0.412. The van der Waals surface area contributed by atoms with Gasteiger partial charge in [-0.2, -0.15) is 0 Å². The van der Waals surface area contributed by atoms with Crippen molar-refractivity contribution in [1.29, 1.82) is 5.41 Å². The van der Waals surface area contributed by atoms with Gasteiger partial charge in [0, 0.05) is 5.25 Å². The molecule has 2 heteroatoms. The highest BCUT2D eigenvalue weighted by Gasteiger charge is 1.92. The zero-order chi connectivity index (χ0) is 5.86. The standard InChI is InChI=1S/C5H11NS/c1-4(2)7-5(3)6/h4,6H,1-3H3. The van der Waals surface area contributed by atoms with E-state index in [4.69, 9.17) is 5.41 Å². The molecule has 7 heavy (non-hydrogen) atoms. The smallest absolute Gasteiger partial charge is 0.0612 e. The number of nitrogens with one attached hydrogen (secondary N) is 1. The number of rotatable bonds is 1. The Bertz CT molecular complexity index is 68.5. The summed E-state index contributed by atoms with van der Waals surface area (Å²) in [5.41, 5.74) is 0. The third kappa shape index (κ3) is 6.02. The molecule has 0 aliphatic heterocycles. The summed E-state index contributed by atoms with van der Waals surface area (Å²) < 4.78 is 0. The molecular weight excluding hydrogens is 106 g/mol. The predicted octanol–water partition coefficient (Wildman–Crippen LogP) is 2.13. The molecular formula is C5H11NS. The number of hydrogen-bond donors (Lipinski definition) is 1. The van der Waals surface area contributed by atoms with Crippen molar-refractivity contribution in [3.63, 3.8) is 0 Å². The molecule has 0 bridgehead atoms. The van der Waals surface area contributed by atoms with Crippen LogP contribution in [-0.4, -0.2) is 10.3 Å². The van der Waals surface area contributed by atoms with E-state index in [1.807, 2.05) is 6.92 Å². The molecule has 0 aromatic heterocycles. The lowest BCUT2D eigenvalue weighted by Gasteiger charge is -1.98. The molecule has 0 aliphatic rings. The van der Waals surface area contributed by atoms with Gasteiger partial charge in [0.2, 0.25) is 0 Å². The van der Waals surface area contributed by atoms with Crippen molar-refractivity contribution >= 4 is 16.8 Å². The van der Waals surface area contributed by atoms with Crippen molar-refractivity contribution in [2.45, 2.75) is 26.0 Å². The van der Waals surface area contributed by atoms with E-state index >= 15 is 0 Å². The van der Waals surface area contributed by atoms with Crippen molar-refractivity contribution in [1.82, 2.24) is 0 Å². The summed E-state index contributed by atoms with van der Waals surface area (Å²) in [6, 6.07) is 0. The number of thioether (sulfide) groups is 1. The highest BCUT2D eigenvalue weighted by Crippen LogP contribution is 2.08. The van der Waals surface area contributed by atoms with E-state index < -0.39 is 0 Å². The largest absolute Gasteiger partial charge is 0.299 e. The highest BCUT2D eigenvalue weighted by molar-refractivity contribution is 8.14.